The Kier molecular flexibility index (Phi) is 15.7. The van der Waals surface area contributed by atoms with Crippen LogP contribution in [0.5, 0.6) is 17.2 Å². The zero-order chi connectivity index (χ0) is 28.3. The van der Waals surface area contributed by atoms with E-state index in [0.29, 0.717) is 47.8 Å². The Bertz CT molecular complexity index is 1640. The van der Waals surface area contributed by atoms with Gasteiger partial charge in [0, 0.05) is 49.8 Å². The average Bonchev–Trinajstić information content (AvgIpc) is 2.94. The summed E-state index contributed by atoms with van der Waals surface area (Å²) in [6.07, 6.45) is 4.61. The van der Waals surface area contributed by atoms with Gasteiger partial charge in [-0.1, -0.05) is 86.9 Å². The van der Waals surface area contributed by atoms with Crippen LogP contribution in [0.25, 0.3) is 32.7 Å². The molecule has 3 aromatic carbocycles. The molecule has 218 valence electrons. The van der Waals surface area contributed by atoms with Crippen LogP contribution in [0.15, 0.2) is 73.2 Å². The van der Waals surface area contributed by atoms with Crippen LogP contribution in [0.1, 0.15) is 0 Å². The van der Waals surface area contributed by atoms with E-state index in [4.69, 9.17) is 69.6 Å². The quantitative estimate of drug-likeness (QED) is 0.177. The van der Waals surface area contributed by atoms with Gasteiger partial charge in [0.25, 0.3) is 0 Å². The first-order chi connectivity index (χ1) is 18.6. The molecule has 0 saturated heterocycles. The molecule has 0 aliphatic heterocycles. The van der Waals surface area contributed by atoms with Gasteiger partial charge in [0.05, 0.1) is 31.6 Å². The van der Waals surface area contributed by atoms with Gasteiger partial charge in [-0.3, -0.25) is 15.0 Å². The van der Waals surface area contributed by atoms with E-state index in [9.17, 15) is 15.3 Å². The molecular formula is C27H16Cl6EuN3O5. The van der Waals surface area contributed by atoms with Crippen LogP contribution in [0.2, 0.25) is 30.1 Å². The van der Waals surface area contributed by atoms with Gasteiger partial charge >= 0.3 is 49.4 Å². The molecule has 4 N–H and O–H groups in total. The topological polar surface area (TPSA) is 171 Å². The molecule has 0 saturated carbocycles. The normalized spacial score (nSPS) is 9.86. The minimum absolute atomic E-state index is 0. The van der Waals surface area contributed by atoms with Crippen molar-refractivity contribution in [1.82, 2.24) is 15.0 Å². The summed E-state index contributed by atoms with van der Waals surface area (Å²) >= 11 is 34.6. The second-order valence-corrected chi connectivity index (χ2v) is 10.1. The largest absolute Gasteiger partial charge is 3.00 e. The number of rotatable bonds is 0. The zero-order valence-corrected chi connectivity index (χ0v) is 27.6. The number of benzene rings is 3. The monoisotopic (exact) mass is 825 g/mol. The summed E-state index contributed by atoms with van der Waals surface area (Å²) in [6, 6.07) is 14.7. The number of hydrogen-bond acceptors (Lipinski definition) is 6. The van der Waals surface area contributed by atoms with Gasteiger partial charge in [-0.05, 0) is 54.6 Å². The third kappa shape index (κ3) is 8.58. The summed E-state index contributed by atoms with van der Waals surface area (Å²) in [6.45, 7) is 0. The Hall–Kier alpha value is -1.47. The fraction of sp³-hybridized carbons (Fsp3) is 0. The number of halogens is 6. The second kappa shape index (κ2) is 17.1. The molecule has 0 aliphatic carbocycles. The Morgan fingerprint density at radius 3 is 0.905 bits per heavy atom. The molecular weight excluding hydrogens is 811 g/mol. The van der Waals surface area contributed by atoms with Crippen LogP contribution in [0, 0.1) is 49.4 Å². The van der Waals surface area contributed by atoms with E-state index in [1.165, 1.54) is 36.8 Å². The molecule has 15 heteroatoms. The van der Waals surface area contributed by atoms with E-state index >= 15 is 0 Å². The molecule has 0 fully saturated rings. The summed E-state index contributed by atoms with van der Waals surface area (Å²) in [7, 11) is 0. The summed E-state index contributed by atoms with van der Waals surface area (Å²) in [4.78, 5) is 11.8. The van der Waals surface area contributed by atoms with E-state index in [0.717, 1.165) is 0 Å². The van der Waals surface area contributed by atoms with E-state index < -0.39 is 0 Å². The summed E-state index contributed by atoms with van der Waals surface area (Å²) in [5.41, 5.74) is 0.958. The third-order valence-electron chi connectivity index (χ3n) is 5.25. The Morgan fingerprint density at radius 1 is 0.429 bits per heavy atom. The Labute approximate surface area is 309 Å². The minimum Gasteiger partial charge on any atom is -0.870 e. The molecule has 0 atom stereocenters. The van der Waals surface area contributed by atoms with Crippen molar-refractivity contribution in [3.05, 3.63) is 103 Å². The van der Waals surface area contributed by atoms with Crippen molar-refractivity contribution in [2.45, 2.75) is 0 Å². The van der Waals surface area contributed by atoms with Gasteiger partial charge in [-0.25, -0.2) is 0 Å². The molecule has 3 heterocycles. The SMILES string of the molecule is O.O.[Eu+3].[O-]c1c(Cl)cc(Cl)c2cccnc12.[O-]c1c(Cl)cc(Cl)c2cccnc12.[O-]c1c(Cl)cc(Cl)c2cccnc12. The van der Waals surface area contributed by atoms with Crippen molar-refractivity contribution in [2.24, 2.45) is 0 Å². The predicted octanol–water partition coefficient (Wildman–Crippen LogP) is 6.20. The van der Waals surface area contributed by atoms with Crippen LogP contribution in [-0.4, -0.2) is 25.9 Å². The maximum atomic E-state index is 11.4. The van der Waals surface area contributed by atoms with Crippen LogP contribution in [-0.2, 0) is 0 Å². The number of hydrogen-bond donors (Lipinski definition) is 0. The molecule has 8 nitrogen and oxygen atoms in total. The van der Waals surface area contributed by atoms with Gasteiger partial charge in [0.15, 0.2) is 0 Å². The van der Waals surface area contributed by atoms with E-state index in [1.807, 2.05) is 0 Å². The number of nitrogens with zero attached hydrogens (tertiary/aromatic N) is 3. The van der Waals surface area contributed by atoms with E-state index in [-0.39, 0.29) is 92.6 Å². The fourth-order valence-electron chi connectivity index (χ4n) is 3.44. The first-order valence-electron chi connectivity index (χ1n) is 10.8. The summed E-state index contributed by atoms with van der Waals surface area (Å²) in [5, 5.41) is 37.9. The molecule has 3 aromatic heterocycles. The van der Waals surface area contributed by atoms with Crippen LogP contribution < -0.4 is 15.3 Å². The second-order valence-electron chi connectivity index (χ2n) is 7.71. The summed E-state index contributed by atoms with van der Waals surface area (Å²) in [5.74, 6) is -0.829. The Balaban J connectivity index is 0.000000304. The maximum Gasteiger partial charge on any atom is 3.00 e. The minimum atomic E-state index is -0.276. The maximum absolute atomic E-state index is 11.4. The average molecular weight is 827 g/mol. The van der Waals surface area contributed by atoms with Crippen molar-refractivity contribution in [2.75, 3.05) is 0 Å². The van der Waals surface area contributed by atoms with Crippen LogP contribution >= 0.6 is 69.6 Å². The number of fused-ring (bicyclic) bond motifs is 3. The zero-order valence-electron chi connectivity index (χ0n) is 20.6. The van der Waals surface area contributed by atoms with Gasteiger partial charge < -0.3 is 26.3 Å². The van der Waals surface area contributed by atoms with Crippen molar-refractivity contribution in [3.8, 4) is 17.2 Å². The molecule has 0 amide bonds. The molecule has 6 rings (SSSR count). The molecule has 42 heavy (non-hydrogen) atoms. The van der Waals surface area contributed by atoms with Gasteiger partial charge in [-0.15, -0.1) is 0 Å². The molecule has 6 aromatic rings. The smallest absolute Gasteiger partial charge is 0.870 e. The van der Waals surface area contributed by atoms with E-state index in [2.05, 4.69) is 15.0 Å². The van der Waals surface area contributed by atoms with Crippen molar-refractivity contribution >= 4 is 102 Å². The number of pyridine rings is 3. The summed E-state index contributed by atoms with van der Waals surface area (Å²) < 4.78 is 0. The van der Waals surface area contributed by atoms with Crippen LogP contribution in [0.4, 0.5) is 0 Å². The van der Waals surface area contributed by atoms with Crippen molar-refractivity contribution < 1.29 is 75.6 Å². The fourth-order valence-corrected chi connectivity index (χ4v) is 4.99. The van der Waals surface area contributed by atoms with E-state index in [1.54, 1.807) is 36.4 Å². The predicted molar refractivity (Wildman–Crippen MR) is 161 cm³/mol. The molecule has 0 aliphatic rings. The van der Waals surface area contributed by atoms with Gasteiger partial charge in [0.1, 0.15) is 0 Å². The van der Waals surface area contributed by atoms with Crippen molar-refractivity contribution in [3.63, 3.8) is 0 Å². The van der Waals surface area contributed by atoms with Gasteiger partial charge in [0.2, 0.25) is 0 Å². The standard InChI is InChI=1S/3C9H5Cl2NO.Eu.2H2O/c3*10-6-4-7(11)9(13)8-5(6)2-1-3-12-8;;;/h3*1-4,13H;;2*1H2/q;;;+3;;/p-3. The third-order valence-corrected chi connectivity index (χ3v) is 7.03. The van der Waals surface area contributed by atoms with Crippen LogP contribution in [0.3, 0.4) is 0 Å². The molecule has 0 unspecified atom stereocenters. The number of aromatic nitrogens is 3. The van der Waals surface area contributed by atoms with Gasteiger partial charge in [-0.2, -0.15) is 0 Å². The molecule has 0 bridgehead atoms. The molecule has 0 spiro atoms. The first-order valence-corrected chi connectivity index (χ1v) is 13.1. The first kappa shape index (κ1) is 38.6. The van der Waals surface area contributed by atoms with Crippen molar-refractivity contribution in [1.29, 1.82) is 0 Å². The molecule has 0 radical (unpaired) electrons. The Morgan fingerprint density at radius 2 is 0.667 bits per heavy atom.